The van der Waals surface area contributed by atoms with Crippen molar-refractivity contribution in [3.63, 3.8) is 0 Å². The van der Waals surface area contributed by atoms with Crippen LogP contribution in [0.2, 0.25) is 10.0 Å². The fraction of sp³-hybridized carbons (Fsp3) is 0.240. The quantitative estimate of drug-likeness (QED) is 0.434. The van der Waals surface area contributed by atoms with Crippen molar-refractivity contribution in [3.05, 3.63) is 87.9 Å². The second kappa shape index (κ2) is 10.4. The summed E-state index contributed by atoms with van der Waals surface area (Å²) in [5.41, 5.74) is 2.30. The Morgan fingerprint density at radius 2 is 1.74 bits per heavy atom. The molecule has 34 heavy (non-hydrogen) atoms. The minimum Gasteiger partial charge on any atom is -0.494 e. The fourth-order valence-corrected chi connectivity index (χ4v) is 6.28. The molecule has 0 fully saturated rings. The SMILES string of the molecule is CCOc1ccc(S(=O)(=O)N2CCc3ccccc3[C@H]2CC(=O)Nc2cc(Cl)cc(Cl)c2)cc1. The van der Waals surface area contributed by atoms with Crippen LogP contribution < -0.4 is 10.1 Å². The summed E-state index contributed by atoms with van der Waals surface area (Å²) in [5, 5.41) is 3.58. The van der Waals surface area contributed by atoms with Gasteiger partial charge in [0.05, 0.1) is 17.5 Å². The van der Waals surface area contributed by atoms with Gasteiger partial charge in [-0.1, -0.05) is 47.5 Å². The van der Waals surface area contributed by atoms with Crippen molar-refractivity contribution in [2.45, 2.75) is 30.7 Å². The molecule has 0 radical (unpaired) electrons. The highest BCUT2D eigenvalue weighted by Crippen LogP contribution is 2.37. The van der Waals surface area contributed by atoms with Gasteiger partial charge in [0, 0.05) is 28.7 Å². The third-order valence-electron chi connectivity index (χ3n) is 5.63. The first-order valence-corrected chi connectivity index (χ1v) is 13.1. The van der Waals surface area contributed by atoms with Crippen molar-refractivity contribution in [2.24, 2.45) is 0 Å². The van der Waals surface area contributed by atoms with Gasteiger partial charge in [-0.05, 0) is 66.9 Å². The van der Waals surface area contributed by atoms with E-state index in [9.17, 15) is 13.2 Å². The van der Waals surface area contributed by atoms with E-state index in [4.69, 9.17) is 27.9 Å². The number of nitrogens with one attached hydrogen (secondary N) is 1. The first kappa shape index (κ1) is 24.5. The highest BCUT2D eigenvalue weighted by molar-refractivity contribution is 7.89. The van der Waals surface area contributed by atoms with Crippen LogP contribution in [0, 0.1) is 0 Å². The lowest BCUT2D eigenvalue weighted by atomic mass is 9.92. The van der Waals surface area contributed by atoms with Crippen LogP contribution in [0.15, 0.2) is 71.6 Å². The first-order chi connectivity index (χ1) is 16.3. The minimum absolute atomic E-state index is 0.0581. The van der Waals surface area contributed by atoms with E-state index < -0.39 is 16.1 Å². The molecule has 6 nitrogen and oxygen atoms in total. The molecular formula is C25H24Cl2N2O4S. The summed E-state index contributed by atoms with van der Waals surface area (Å²) in [6, 6.07) is 18.1. The lowest BCUT2D eigenvalue weighted by Gasteiger charge is -2.36. The van der Waals surface area contributed by atoms with Crippen LogP contribution in [0.5, 0.6) is 5.75 Å². The standard InChI is InChI=1S/C25H24Cl2N2O4S/c1-2-33-21-7-9-22(10-8-21)34(31,32)29-12-11-17-5-3-4-6-23(17)24(29)16-25(30)28-20-14-18(26)13-19(27)15-20/h3-10,13-15,24H,2,11-12,16H2,1H3,(H,28,30)/t24-/m1/s1. The van der Waals surface area contributed by atoms with E-state index in [0.29, 0.717) is 34.5 Å². The number of anilines is 1. The van der Waals surface area contributed by atoms with E-state index >= 15 is 0 Å². The maximum absolute atomic E-state index is 13.6. The Morgan fingerprint density at radius 3 is 2.41 bits per heavy atom. The van der Waals surface area contributed by atoms with E-state index in [1.807, 2.05) is 31.2 Å². The van der Waals surface area contributed by atoms with Gasteiger partial charge in [-0.2, -0.15) is 4.31 Å². The van der Waals surface area contributed by atoms with Crippen LogP contribution in [-0.2, 0) is 21.2 Å². The van der Waals surface area contributed by atoms with Gasteiger partial charge in [0.1, 0.15) is 5.75 Å². The van der Waals surface area contributed by atoms with Gasteiger partial charge >= 0.3 is 0 Å². The minimum atomic E-state index is -3.86. The summed E-state index contributed by atoms with van der Waals surface area (Å²) in [4.78, 5) is 13.2. The maximum Gasteiger partial charge on any atom is 0.243 e. The summed E-state index contributed by atoms with van der Waals surface area (Å²) >= 11 is 12.1. The number of sulfonamides is 1. The second-order valence-corrected chi connectivity index (χ2v) is 10.7. The molecule has 1 atom stereocenters. The molecule has 1 aliphatic rings. The molecule has 0 bridgehead atoms. The van der Waals surface area contributed by atoms with E-state index in [1.54, 1.807) is 30.3 Å². The highest BCUT2D eigenvalue weighted by atomic mass is 35.5. The Kier molecular flexibility index (Phi) is 7.48. The van der Waals surface area contributed by atoms with Crippen molar-refractivity contribution in [1.82, 2.24) is 4.31 Å². The van der Waals surface area contributed by atoms with E-state index in [-0.39, 0.29) is 23.8 Å². The number of rotatable bonds is 7. The van der Waals surface area contributed by atoms with Crippen LogP contribution in [-0.4, -0.2) is 31.8 Å². The number of carbonyl (C=O) groups excluding carboxylic acids is 1. The number of halogens is 2. The molecule has 178 valence electrons. The molecule has 0 aromatic heterocycles. The Bertz CT molecular complexity index is 1280. The van der Waals surface area contributed by atoms with Gasteiger partial charge in [0.2, 0.25) is 15.9 Å². The number of benzene rings is 3. The fourth-order valence-electron chi connectivity index (χ4n) is 4.15. The molecule has 1 aliphatic heterocycles. The third kappa shape index (κ3) is 5.39. The summed E-state index contributed by atoms with van der Waals surface area (Å²) in [6.07, 6.45) is 0.506. The molecular weight excluding hydrogens is 495 g/mol. The molecule has 3 aromatic carbocycles. The van der Waals surface area contributed by atoms with Gasteiger partial charge in [0.15, 0.2) is 0 Å². The number of fused-ring (bicyclic) bond motifs is 1. The molecule has 0 saturated heterocycles. The predicted octanol–water partition coefficient (Wildman–Crippen LogP) is 5.71. The Hall–Kier alpha value is -2.58. The Balaban J connectivity index is 1.64. The zero-order valence-electron chi connectivity index (χ0n) is 18.5. The molecule has 0 saturated carbocycles. The molecule has 3 aromatic rings. The van der Waals surface area contributed by atoms with Gasteiger partial charge in [0.25, 0.3) is 0 Å². The number of ether oxygens (including phenoxy) is 1. The van der Waals surface area contributed by atoms with Crippen LogP contribution in [0.4, 0.5) is 5.69 Å². The van der Waals surface area contributed by atoms with E-state index in [1.165, 1.54) is 16.4 Å². The molecule has 1 N–H and O–H groups in total. The number of nitrogens with zero attached hydrogens (tertiary/aromatic N) is 1. The largest absolute Gasteiger partial charge is 0.494 e. The maximum atomic E-state index is 13.6. The van der Waals surface area contributed by atoms with Crippen molar-refractivity contribution in [3.8, 4) is 5.75 Å². The third-order valence-corrected chi connectivity index (χ3v) is 7.99. The van der Waals surface area contributed by atoms with Crippen molar-refractivity contribution < 1.29 is 17.9 Å². The van der Waals surface area contributed by atoms with Crippen LogP contribution in [0.25, 0.3) is 0 Å². The highest BCUT2D eigenvalue weighted by Gasteiger charge is 2.37. The molecule has 0 unspecified atom stereocenters. The average molecular weight is 519 g/mol. The topological polar surface area (TPSA) is 75.7 Å². The second-order valence-electron chi connectivity index (χ2n) is 7.90. The van der Waals surface area contributed by atoms with Gasteiger partial charge in [-0.25, -0.2) is 8.42 Å². The molecule has 4 rings (SSSR count). The summed E-state index contributed by atoms with van der Waals surface area (Å²) in [7, 11) is -3.86. The molecule has 1 amide bonds. The van der Waals surface area contributed by atoms with Crippen molar-refractivity contribution in [2.75, 3.05) is 18.5 Å². The average Bonchev–Trinajstić information content (AvgIpc) is 2.79. The molecule has 0 spiro atoms. The number of hydrogen-bond acceptors (Lipinski definition) is 4. The molecule has 0 aliphatic carbocycles. The first-order valence-electron chi connectivity index (χ1n) is 10.9. The van der Waals surface area contributed by atoms with Gasteiger partial charge < -0.3 is 10.1 Å². The zero-order chi connectivity index (χ0) is 24.3. The Labute approximate surface area is 209 Å². The van der Waals surface area contributed by atoms with Crippen LogP contribution in [0.1, 0.15) is 30.5 Å². The number of amides is 1. The lowest BCUT2D eigenvalue weighted by molar-refractivity contribution is -0.117. The molecule has 1 heterocycles. The van der Waals surface area contributed by atoms with Gasteiger partial charge in [-0.15, -0.1) is 0 Å². The summed E-state index contributed by atoms with van der Waals surface area (Å²) < 4.78 is 34.1. The summed E-state index contributed by atoms with van der Waals surface area (Å²) in [5.74, 6) is 0.258. The van der Waals surface area contributed by atoms with Crippen LogP contribution in [0.3, 0.4) is 0 Å². The lowest BCUT2D eigenvalue weighted by Crippen LogP contribution is -2.41. The van der Waals surface area contributed by atoms with Crippen molar-refractivity contribution in [1.29, 1.82) is 0 Å². The number of carbonyl (C=O) groups is 1. The monoisotopic (exact) mass is 518 g/mol. The smallest absolute Gasteiger partial charge is 0.243 e. The van der Waals surface area contributed by atoms with Gasteiger partial charge in [-0.3, -0.25) is 4.79 Å². The van der Waals surface area contributed by atoms with Crippen molar-refractivity contribution >= 4 is 44.8 Å². The van der Waals surface area contributed by atoms with Crippen LogP contribution >= 0.6 is 23.2 Å². The summed E-state index contributed by atoms with van der Waals surface area (Å²) in [6.45, 7) is 2.63. The molecule has 9 heteroatoms. The normalized spacial score (nSPS) is 16.0. The van der Waals surface area contributed by atoms with E-state index in [0.717, 1.165) is 11.1 Å². The zero-order valence-corrected chi connectivity index (χ0v) is 20.8. The Morgan fingerprint density at radius 1 is 1.06 bits per heavy atom. The van der Waals surface area contributed by atoms with E-state index in [2.05, 4.69) is 5.32 Å². The number of hydrogen-bond donors (Lipinski definition) is 1. The predicted molar refractivity (Wildman–Crippen MR) is 134 cm³/mol.